The lowest BCUT2D eigenvalue weighted by molar-refractivity contribution is 0.426. The maximum atomic E-state index is 9.18. The third kappa shape index (κ3) is 3.95. The molecule has 0 aliphatic heterocycles. The predicted molar refractivity (Wildman–Crippen MR) is 84.6 cm³/mol. The Labute approximate surface area is 127 Å². The standard InChI is InChI=1S/C13H11BClNO3S/c15-12-7-6-9(8-11(12)14(17)18)16-13(20)19-10-4-2-1-3-5-10/h1-8,17-18H,(H,16,20). The van der Waals surface area contributed by atoms with E-state index in [2.05, 4.69) is 5.32 Å². The summed E-state index contributed by atoms with van der Waals surface area (Å²) < 4.78 is 5.41. The van der Waals surface area contributed by atoms with Crippen molar-refractivity contribution in [2.75, 3.05) is 5.32 Å². The quantitative estimate of drug-likeness (QED) is 0.596. The van der Waals surface area contributed by atoms with E-state index < -0.39 is 7.12 Å². The number of anilines is 1. The molecule has 0 amide bonds. The minimum atomic E-state index is -1.65. The van der Waals surface area contributed by atoms with Gasteiger partial charge < -0.3 is 20.1 Å². The van der Waals surface area contributed by atoms with E-state index in [0.29, 0.717) is 11.4 Å². The third-order valence-corrected chi connectivity index (χ3v) is 3.00. The Balaban J connectivity index is 2.06. The molecule has 102 valence electrons. The molecule has 2 rings (SSSR count). The van der Waals surface area contributed by atoms with Crippen molar-refractivity contribution in [2.45, 2.75) is 0 Å². The Morgan fingerprint density at radius 2 is 1.85 bits per heavy atom. The minimum absolute atomic E-state index is 0.150. The number of halogens is 1. The lowest BCUT2D eigenvalue weighted by atomic mass is 9.80. The van der Waals surface area contributed by atoms with Gasteiger partial charge in [-0.3, -0.25) is 0 Å². The van der Waals surface area contributed by atoms with E-state index in [-0.39, 0.29) is 15.7 Å². The molecule has 0 unspecified atom stereocenters. The molecule has 0 aliphatic rings. The van der Waals surface area contributed by atoms with E-state index in [1.807, 2.05) is 18.2 Å². The second-order valence-corrected chi connectivity index (χ2v) is 4.72. The van der Waals surface area contributed by atoms with Gasteiger partial charge in [0.2, 0.25) is 0 Å². The Hall–Kier alpha value is -1.60. The summed E-state index contributed by atoms with van der Waals surface area (Å²) >= 11 is 10.9. The second kappa shape index (κ2) is 6.72. The summed E-state index contributed by atoms with van der Waals surface area (Å²) in [6.45, 7) is 0. The predicted octanol–water partition coefficient (Wildman–Crippen LogP) is 1.80. The van der Waals surface area contributed by atoms with Gasteiger partial charge in [-0.15, -0.1) is 0 Å². The Morgan fingerprint density at radius 3 is 2.50 bits per heavy atom. The largest absolute Gasteiger partial charge is 0.490 e. The summed E-state index contributed by atoms with van der Waals surface area (Å²) in [5.41, 5.74) is 0.748. The Morgan fingerprint density at radius 1 is 1.15 bits per heavy atom. The van der Waals surface area contributed by atoms with Crippen LogP contribution in [0.5, 0.6) is 5.75 Å². The molecule has 3 N–H and O–H groups in total. The molecular formula is C13H11BClNO3S. The topological polar surface area (TPSA) is 61.7 Å². The van der Waals surface area contributed by atoms with Gasteiger partial charge in [-0.25, -0.2) is 0 Å². The van der Waals surface area contributed by atoms with Crippen LogP contribution < -0.4 is 15.5 Å². The molecule has 0 fully saturated rings. The minimum Gasteiger partial charge on any atom is -0.432 e. The number of benzene rings is 2. The van der Waals surface area contributed by atoms with Gasteiger partial charge in [0.25, 0.3) is 5.17 Å². The highest BCUT2D eigenvalue weighted by Gasteiger charge is 2.16. The first-order valence-corrected chi connectivity index (χ1v) is 6.54. The van der Waals surface area contributed by atoms with E-state index in [1.165, 1.54) is 6.07 Å². The van der Waals surface area contributed by atoms with E-state index >= 15 is 0 Å². The van der Waals surface area contributed by atoms with Crippen LogP contribution in [-0.2, 0) is 0 Å². The van der Waals surface area contributed by atoms with Crippen molar-refractivity contribution in [1.29, 1.82) is 0 Å². The second-order valence-electron chi connectivity index (χ2n) is 3.94. The van der Waals surface area contributed by atoms with Crippen LogP contribution >= 0.6 is 23.8 Å². The molecule has 0 atom stereocenters. The van der Waals surface area contributed by atoms with Gasteiger partial charge in [0.1, 0.15) is 5.75 Å². The van der Waals surface area contributed by atoms with Crippen molar-refractivity contribution >= 4 is 47.3 Å². The van der Waals surface area contributed by atoms with Gasteiger partial charge in [0, 0.05) is 16.2 Å². The summed E-state index contributed by atoms with van der Waals surface area (Å²) in [5.74, 6) is 0.612. The van der Waals surface area contributed by atoms with E-state index in [4.69, 9.17) is 28.6 Å². The normalized spacial score (nSPS) is 9.95. The van der Waals surface area contributed by atoms with Crippen molar-refractivity contribution in [2.24, 2.45) is 0 Å². The molecule has 7 heteroatoms. The SMILES string of the molecule is OB(O)c1cc(NC(=S)Oc2ccccc2)ccc1Cl. The molecule has 2 aromatic carbocycles. The molecular weight excluding hydrogens is 296 g/mol. The summed E-state index contributed by atoms with van der Waals surface area (Å²) in [4.78, 5) is 0. The molecule has 4 nitrogen and oxygen atoms in total. The number of hydrogen-bond acceptors (Lipinski definition) is 4. The zero-order valence-electron chi connectivity index (χ0n) is 10.3. The molecule has 0 heterocycles. The van der Waals surface area contributed by atoms with Gasteiger partial charge in [-0.1, -0.05) is 29.8 Å². The molecule has 0 saturated heterocycles. The summed E-state index contributed by atoms with van der Waals surface area (Å²) in [7, 11) is -1.65. The van der Waals surface area contributed by atoms with Gasteiger partial charge in [0.05, 0.1) is 0 Å². The molecule has 0 saturated carbocycles. The third-order valence-electron chi connectivity index (χ3n) is 2.47. The monoisotopic (exact) mass is 307 g/mol. The highest BCUT2D eigenvalue weighted by molar-refractivity contribution is 7.80. The van der Waals surface area contributed by atoms with Gasteiger partial charge in [0.15, 0.2) is 0 Å². The molecule has 0 aliphatic carbocycles. The van der Waals surface area contributed by atoms with Crippen LogP contribution in [0.3, 0.4) is 0 Å². The van der Waals surface area contributed by atoms with Crippen LogP contribution in [0.1, 0.15) is 0 Å². The molecule has 2 aromatic rings. The van der Waals surface area contributed by atoms with Crippen LogP contribution in [0.25, 0.3) is 0 Å². The molecule has 20 heavy (non-hydrogen) atoms. The van der Waals surface area contributed by atoms with Crippen molar-refractivity contribution in [3.8, 4) is 5.75 Å². The number of para-hydroxylation sites is 1. The Bertz CT molecular complexity index is 610. The van der Waals surface area contributed by atoms with E-state index in [0.717, 1.165) is 0 Å². The smallest absolute Gasteiger partial charge is 0.432 e. The highest BCUT2D eigenvalue weighted by Crippen LogP contribution is 2.14. The van der Waals surface area contributed by atoms with Crippen LogP contribution in [0.4, 0.5) is 5.69 Å². The number of hydrogen-bond donors (Lipinski definition) is 3. The highest BCUT2D eigenvalue weighted by atomic mass is 35.5. The first-order chi connectivity index (χ1) is 9.56. The number of nitrogens with one attached hydrogen (secondary N) is 1. The van der Waals surface area contributed by atoms with E-state index in [1.54, 1.807) is 24.3 Å². The average molecular weight is 308 g/mol. The maximum Gasteiger partial charge on any atom is 0.490 e. The maximum absolute atomic E-state index is 9.18. The fraction of sp³-hybridized carbons (Fsp3) is 0. The zero-order valence-corrected chi connectivity index (χ0v) is 11.9. The van der Waals surface area contributed by atoms with Crippen molar-refractivity contribution < 1.29 is 14.8 Å². The van der Waals surface area contributed by atoms with Crippen LogP contribution in [0.2, 0.25) is 5.02 Å². The van der Waals surface area contributed by atoms with Gasteiger partial charge >= 0.3 is 7.12 Å². The summed E-state index contributed by atoms with van der Waals surface area (Å²) in [6, 6.07) is 13.8. The lowest BCUT2D eigenvalue weighted by Gasteiger charge is -2.11. The molecule has 0 radical (unpaired) electrons. The first-order valence-electron chi connectivity index (χ1n) is 5.76. The molecule has 0 bridgehead atoms. The zero-order chi connectivity index (χ0) is 14.5. The fourth-order valence-electron chi connectivity index (χ4n) is 1.56. The fourth-order valence-corrected chi connectivity index (χ4v) is 1.99. The van der Waals surface area contributed by atoms with E-state index in [9.17, 15) is 10.0 Å². The van der Waals surface area contributed by atoms with Crippen LogP contribution in [0.15, 0.2) is 48.5 Å². The van der Waals surface area contributed by atoms with Gasteiger partial charge in [-0.2, -0.15) is 0 Å². The number of rotatable bonds is 3. The molecule has 0 aromatic heterocycles. The molecule has 0 spiro atoms. The number of thiocarbonyl (C=S) groups is 1. The van der Waals surface area contributed by atoms with Crippen LogP contribution in [-0.4, -0.2) is 22.3 Å². The van der Waals surface area contributed by atoms with Crippen LogP contribution in [0, 0.1) is 0 Å². The Kier molecular flexibility index (Phi) is 4.97. The summed E-state index contributed by atoms with van der Waals surface area (Å²) in [6.07, 6.45) is 0. The van der Waals surface area contributed by atoms with Gasteiger partial charge in [-0.05, 0) is 42.5 Å². The van der Waals surface area contributed by atoms with Crippen molar-refractivity contribution in [3.63, 3.8) is 0 Å². The number of ether oxygens (including phenoxy) is 1. The first kappa shape index (κ1) is 14.8. The van der Waals surface area contributed by atoms with Crippen molar-refractivity contribution in [1.82, 2.24) is 0 Å². The summed E-state index contributed by atoms with van der Waals surface area (Å²) in [5, 5.41) is 21.6. The van der Waals surface area contributed by atoms with Crippen molar-refractivity contribution in [3.05, 3.63) is 53.6 Å². The average Bonchev–Trinajstić information content (AvgIpc) is 2.41. The lowest BCUT2D eigenvalue weighted by Crippen LogP contribution is -2.31.